The smallest absolute Gasteiger partial charge is 0.0626 e. The summed E-state index contributed by atoms with van der Waals surface area (Å²) in [7, 11) is 0. The van der Waals surface area contributed by atoms with Crippen LogP contribution in [0.25, 0.3) is 0 Å². The molecule has 0 nitrogen and oxygen atoms in total. The van der Waals surface area contributed by atoms with Crippen LogP contribution in [0.1, 0.15) is 27.1 Å². The molecule has 0 saturated carbocycles. The van der Waals surface area contributed by atoms with E-state index in [2.05, 4.69) is 44.4 Å². The van der Waals surface area contributed by atoms with Crippen molar-refractivity contribution in [3.05, 3.63) is 56.8 Å². The highest BCUT2D eigenvalue weighted by molar-refractivity contribution is 7.81. The first-order valence-electron chi connectivity index (χ1n) is 5.25. The van der Waals surface area contributed by atoms with Crippen molar-refractivity contribution in [1.82, 2.24) is 0 Å². The van der Waals surface area contributed by atoms with Crippen molar-refractivity contribution in [3.63, 3.8) is 0 Å². The first-order valence-corrected chi connectivity index (χ1v) is 6.54. The van der Waals surface area contributed by atoms with Crippen LogP contribution in [0.3, 0.4) is 0 Å². The van der Waals surface area contributed by atoms with E-state index in [1.165, 1.54) is 27.1 Å². The summed E-state index contributed by atoms with van der Waals surface area (Å²) in [6, 6.07) is 8.53. The summed E-state index contributed by atoms with van der Waals surface area (Å²) in [5.41, 5.74) is 5.07. The maximum absolute atomic E-state index is 5.57. The molecule has 0 unspecified atom stereocenters. The summed E-state index contributed by atoms with van der Waals surface area (Å²) in [4.78, 5) is 2.16. The van der Waals surface area contributed by atoms with Gasteiger partial charge < -0.3 is 0 Å². The fourth-order valence-corrected chi connectivity index (χ4v) is 3.27. The Kier molecular flexibility index (Phi) is 3.22. The van der Waals surface area contributed by atoms with Gasteiger partial charge in [0, 0.05) is 4.88 Å². The van der Waals surface area contributed by atoms with Crippen molar-refractivity contribution in [2.75, 3.05) is 0 Å². The number of aryl methyl sites for hydroxylation is 3. The van der Waals surface area contributed by atoms with Gasteiger partial charge in [0.15, 0.2) is 0 Å². The Morgan fingerprint density at radius 1 is 1.12 bits per heavy atom. The quantitative estimate of drug-likeness (QED) is 0.557. The first-order chi connectivity index (χ1) is 7.59. The van der Waals surface area contributed by atoms with Crippen molar-refractivity contribution < 1.29 is 0 Å². The van der Waals surface area contributed by atoms with Crippen LogP contribution < -0.4 is 0 Å². The third kappa shape index (κ3) is 2.08. The fourth-order valence-electron chi connectivity index (χ4n) is 2.07. The van der Waals surface area contributed by atoms with Gasteiger partial charge in [-0.05, 0) is 48.9 Å². The number of hydrogen-bond acceptors (Lipinski definition) is 2. The van der Waals surface area contributed by atoms with E-state index in [0.717, 1.165) is 4.86 Å². The third-order valence-electron chi connectivity index (χ3n) is 2.65. The first kappa shape index (κ1) is 11.5. The minimum Gasteiger partial charge on any atom is -0.143 e. The second-order valence-corrected chi connectivity index (χ2v) is 5.44. The molecule has 0 aliphatic rings. The minimum atomic E-state index is 0.977. The average Bonchev–Trinajstić information content (AvgIpc) is 2.67. The van der Waals surface area contributed by atoms with Crippen molar-refractivity contribution in [2.24, 2.45) is 0 Å². The molecule has 2 heteroatoms. The monoisotopic (exact) mass is 246 g/mol. The highest BCUT2D eigenvalue weighted by Gasteiger charge is 2.11. The van der Waals surface area contributed by atoms with Crippen molar-refractivity contribution >= 4 is 28.4 Å². The zero-order valence-electron chi connectivity index (χ0n) is 9.70. The van der Waals surface area contributed by atoms with Gasteiger partial charge in [-0.3, -0.25) is 0 Å². The predicted molar refractivity (Wildman–Crippen MR) is 75.8 cm³/mol. The van der Waals surface area contributed by atoms with Gasteiger partial charge in [-0.1, -0.05) is 36.0 Å². The molecule has 1 aromatic carbocycles. The van der Waals surface area contributed by atoms with Gasteiger partial charge in [0.2, 0.25) is 0 Å². The van der Waals surface area contributed by atoms with Crippen LogP contribution in [0.5, 0.6) is 0 Å². The Balaban J connectivity index is 2.53. The molecule has 0 bridgehead atoms. The number of rotatable bonds is 2. The molecular weight excluding hydrogens is 232 g/mol. The standard InChI is InChI=1S/C14H14S2/c1-9-7-10(2)13(11(3)8-9)14(15)12-5-4-6-16-12/h4-8H,1-3H3. The van der Waals surface area contributed by atoms with Gasteiger partial charge in [0.25, 0.3) is 0 Å². The van der Waals surface area contributed by atoms with Gasteiger partial charge in [0.1, 0.15) is 0 Å². The van der Waals surface area contributed by atoms with E-state index in [0.29, 0.717) is 0 Å². The Morgan fingerprint density at radius 2 is 1.75 bits per heavy atom. The second-order valence-electron chi connectivity index (χ2n) is 4.08. The molecule has 0 aliphatic heterocycles. The Labute approximate surface area is 106 Å². The topological polar surface area (TPSA) is 0 Å². The lowest BCUT2D eigenvalue weighted by Gasteiger charge is -2.11. The summed E-state index contributed by atoms with van der Waals surface area (Å²) < 4.78 is 0. The Hall–Kier alpha value is -0.990. The summed E-state index contributed by atoms with van der Waals surface area (Å²) in [5.74, 6) is 0. The molecule has 0 spiro atoms. The number of benzene rings is 1. The maximum Gasteiger partial charge on any atom is 0.0626 e. The summed E-state index contributed by atoms with van der Waals surface area (Å²) >= 11 is 7.28. The fraction of sp³-hybridized carbons (Fsp3) is 0.214. The lowest BCUT2D eigenvalue weighted by Crippen LogP contribution is -2.03. The number of hydrogen-bond donors (Lipinski definition) is 0. The Bertz CT molecular complexity index is 499. The highest BCUT2D eigenvalue weighted by atomic mass is 32.1. The second kappa shape index (κ2) is 4.48. The number of thiophene rings is 1. The minimum absolute atomic E-state index is 0.977. The normalized spacial score (nSPS) is 10.4. The molecule has 0 saturated heterocycles. The van der Waals surface area contributed by atoms with Crippen molar-refractivity contribution in [2.45, 2.75) is 20.8 Å². The van der Waals surface area contributed by atoms with Gasteiger partial charge in [0.05, 0.1) is 4.86 Å². The van der Waals surface area contributed by atoms with E-state index in [-0.39, 0.29) is 0 Å². The van der Waals surface area contributed by atoms with Gasteiger partial charge >= 0.3 is 0 Å². The molecule has 0 atom stereocenters. The average molecular weight is 246 g/mol. The molecule has 0 fully saturated rings. The molecule has 0 aliphatic carbocycles. The lowest BCUT2D eigenvalue weighted by atomic mass is 9.97. The molecule has 1 aromatic heterocycles. The molecule has 2 aromatic rings. The third-order valence-corrected chi connectivity index (χ3v) is 4.09. The molecule has 82 valence electrons. The van der Waals surface area contributed by atoms with Crippen LogP contribution in [-0.2, 0) is 0 Å². The van der Waals surface area contributed by atoms with Crippen molar-refractivity contribution in [3.8, 4) is 0 Å². The SMILES string of the molecule is Cc1cc(C)c(C(=S)c2cccs2)c(C)c1. The summed E-state index contributed by atoms with van der Waals surface area (Å²) in [5, 5.41) is 2.07. The van der Waals surface area contributed by atoms with Gasteiger partial charge in [-0.15, -0.1) is 11.3 Å². The van der Waals surface area contributed by atoms with E-state index in [4.69, 9.17) is 12.2 Å². The largest absolute Gasteiger partial charge is 0.143 e. The molecule has 0 N–H and O–H groups in total. The van der Waals surface area contributed by atoms with E-state index < -0.39 is 0 Å². The van der Waals surface area contributed by atoms with Crippen LogP contribution in [-0.4, -0.2) is 4.86 Å². The van der Waals surface area contributed by atoms with Crippen LogP contribution in [0, 0.1) is 20.8 Å². The van der Waals surface area contributed by atoms with Gasteiger partial charge in [-0.25, -0.2) is 0 Å². The molecule has 1 heterocycles. The van der Waals surface area contributed by atoms with E-state index in [1.54, 1.807) is 11.3 Å². The summed E-state index contributed by atoms with van der Waals surface area (Å²) in [6.45, 7) is 6.39. The van der Waals surface area contributed by atoms with E-state index >= 15 is 0 Å². The van der Waals surface area contributed by atoms with Crippen LogP contribution >= 0.6 is 23.6 Å². The number of thiocarbonyl (C=S) groups is 1. The molecule has 2 rings (SSSR count). The highest BCUT2D eigenvalue weighted by Crippen LogP contribution is 2.23. The molecule has 0 amide bonds. The van der Waals surface area contributed by atoms with E-state index in [1.807, 2.05) is 6.07 Å². The van der Waals surface area contributed by atoms with Crippen LogP contribution in [0.4, 0.5) is 0 Å². The zero-order chi connectivity index (χ0) is 11.7. The Morgan fingerprint density at radius 3 is 2.25 bits per heavy atom. The molecular formula is C14H14S2. The summed E-state index contributed by atoms with van der Waals surface area (Å²) in [6.07, 6.45) is 0. The molecule has 0 radical (unpaired) electrons. The van der Waals surface area contributed by atoms with E-state index in [9.17, 15) is 0 Å². The van der Waals surface area contributed by atoms with Crippen LogP contribution in [0.15, 0.2) is 29.6 Å². The van der Waals surface area contributed by atoms with Crippen LogP contribution in [0.2, 0.25) is 0 Å². The molecule has 16 heavy (non-hydrogen) atoms. The predicted octanol–water partition coefficient (Wildman–Crippen LogP) is 4.44. The maximum atomic E-state index is 5.57. The van der Waals surface area contributed by atoms with Gasteiger partial charge in [-0.2, -0.15) is 0 Å². The zero-order valence-corrected chi connectivity index (χ0v) is 11.3. The lowest BCUT2D eigenvalue weighted by molar-refractivity contribution is 1.31. The van der Waals surface area contributed by atoms with Crippen molar-refractivity contribution in [1.29, 1.82) is 0 Å².